The molecule has 0 aromatic carbocycles. The molecule has 0 saturated heterocycles. The maximum Gasteiger partial charge on any atom is 0.0569 e. The van der Waals surface area contributed by atoms with E-state index in [0.29, 0.717) is 0 Å². The van der Waals surface area contributed by atoms with Crippen LogP contribution in [0.25, 0.3) is 0 Å². The van der Waals surface area contributed by atoms with Crippen LogP contribution in [0.3, 0.4) is 0 Å². The van der Waals surface area contributed by atoms with Crippen molar-refractivity contribution in [2.45, 2.75) is 19.1 Å². The van der Waals surface area contributed by atoms with Gasteiger partial charge >= 0.3 is 0 Å². The first-order valence-electron chi connectivity index (χ1n) is 2.96. The Balaban J connectivity index is 2.86. The van der Waals surface area contributed by atoms with Gasteiger partial charge in [0.25, 0.3) is 0 Å². The zero-order chi connectivity index (χ0) is 6.85. The van der Waals surface area contributed by atoms with Crippen molar-refractivity contribution in [3.05, 3.63) is 23.1 Å². The number of allylic oxidation sites excluding steroid dienone is 2. The first kappa shape index (κ1) is 6.75. The van der Waals surface area contributed by atoms with E-state index in [0.717, 1.165) is 0 Å². The van der Waals surface area contributed by atoms with Gasteiger partial charge in [0.05, 0.1) is 16.0 Å². The summed E-state index contributed by atoms with van der Waals surface area (Å²) in [6, 6.07) is 0. The van der Waals surface area contributed by atoms with Gasteiger partial charge in [0.15, 0.2) is 0 Å². The molecule has 1 rings (SSSR count). The van der Waals surface area contributed by atoms with E-state index in [1.54, 1.807) is 5.41 Å². The molecule has 0 fully saturated rings. The smallest absolute Gasteiger partial charge is 0.0569 e. The Morgan fingerprint density at radius 1 is 1.67 bits per heavy atom. The molecule has 1 aliphatic rings. The van der Waals surface area contributed by atoms with E-state index >= 15 is 0 Å². The van der Waals surface area contributed by atoms with Crippen LogP contribution in [0.5, 0.6) is 0 Å². The average Bonchev–Trinajstić information content (AvgIpc) is 1.83. The van der Waals surface area contributed by atoms with E-state index in [1.165, 1.54) is 5.57 Å². The standard InChI is InChI=1S/C7H10OS/c1-6-4-3-5-9(8)7(6)2/h3-5,7H,1-2H3. The third kappa shape index (κ3) is 1.30. The maximum atomic E-state index is 11.0. The van der Waals surface area contributed by atoms with Crippen molar-refractivity contribution in [1.29, 1.82) is 0 Å². The molecule has 0 radical (unpaired) electrons. The van der Waals surface area contributed by atoms with Gasteiger partial charge in [-0.15, -0.1) is 0 Å². The summed E-state index contributed by atoms with van der Waals surface area (Å²) >= 11 is 0. The summed E-state index contributed by atoms with van der Waals surface area (Å²) in [4.78, 5) is 0. The molecule has 9 heavy (non-hydrogen) atoms. The number of hydrogen-bond acceptors (Lipinski definition) is 1. The van der Waals surface area contributed by atoms with Crippen LogP contribution in [-0.2, 0) is 10.8 Å². The van der Waals surface area contributed by atoms with Gasteiger partial charge in [0.1, 0.15) is 0 Å². The Labute approximate surface area is 57.9 Å². The van der Waals surface area contributed by atoms with E-state index in [9.17, 15) is 4.21 Å². The Hall–Kier alpha value is -0.370. The fraction of sp³-hybridized carbons (Fsp3) is 0.429. The second-order valence-corrected chi connectivity index (χ2v) is 3.85. The lowest BCUT2D eigenvalue weighted by molar-refractivity contribution is 0.683. The quantitative estimate of drug-likeness (QED) is 0.502. The molecule has 50 valence electrons. The lowest BCUT2D eigenvalue weighted by Crippen LogP contribution is -2.11. The minimum Gasteiger partial charge on any atom is -0.254 e. The fourth-order valence-corrected chi connectivity index (χ4v) is 1.62. The van der Waals surface area contributed by atoms with E-state index < -0.39 is 10.8 Å². The Kier molecular flexibility index (Phi) is 1.86. The summed E-state index contributed by atoms with van der Waals surface area (Å²) in [7, 11) is -0.764. The highest BCUT2D eigenvalue weighted by molar-refractivity contribution is 7.88. The highest BCUT2D eigenvalue weighted by Gasteiger charge is 2.11. The summed E-state index contributed by atoms with van der Waals surface area (Å²) in [5.41, 5.74) is 1.20. The monoisotopic (exact) mass is 142 g/mol. The predicted octanol–water partition coefficient (Wildman–Crippen LogP) is 1.60. The van der Waals surface area contributed by atoms with Crippen molar-refractivity contribution < 1.29 is 4.21 Å². The van der Waals surface area contributed by atoms with Gasteiger partial charge in [-0.05, 0) is 13.8 Å². The molecule has 0 bridgehead atoms. The normalized spacial score (nSPS) is 34.2. The van der Waals surface area contributed by atoms with Crippen molar-refractivity contribution >= 4 is 10.8 Å². The SMILES string of the molecule is CC1=CC=CS(=O)C1C. The largest absolute Gasteiger partial charge is 0.254 e. The van der Waals surface area contributed by atoms with Gasteiger partial charge in [-0.25, -0.2) is 0 Å². The van der Waals surface area contributed by atoms with Crippen LogP contribution in [0.1, 0.15) is 13.8 Å². The minimum absolute atomic E-state index is 0.218. The predicted molar refractivity (Wildman–Crippen MR) is 40.5 cm³/mol. The van der Waals surface area contributed by atoms with E-state index in [1.807, 2.05) is 26.0 Å². The molecule has 2 atom stereocenters. The van der Waals surface area contributed by atoms with Crippen LogP contribution in [0.4, 0.5) is 0 Å². The molecular weight excluding hydrogens is 132 g/mol. The van der Waals surface area contributed by atoms with Gasteiger partial charge in [-0.1, -0.05) is 17.7 Å². The van der Waals surface area contributed by atoms with Crippen LogP contribution < -0.4 is 0 Å². The van der Waals surface area contributed by atoms with Gasteiger partial charge in [-0.2, -0.15) is 0 Å². The van der Waals surface area contributed by atoms with Crippen molar-refractivity contribution in [3.63, 3.8) is 0 Å². The van der Waals surface area contributed by atoms with Crippen molar-refractivity contribution in [2.24, 2.45) is 0 Å². The molecule has 0 aromatic heterocycles. The molecular formula is C7H10OS. The number of rotatable bonds is 0. The van der Waals surface area contributed by atoms with Gasteiger partial charge in [0.2, 0.25) is 0 Å². The molecule has 0 aromatic rings. The van der Waals surface area contributed by atoms with Gasteiger partial charge in [-0.3, -0.25) is 4.21 Å². The maximum absolute atomic E-state index is 11.0. The Morgan fingerprint density at radius 3 is 2.78 bits per heavy atom. The van der Waals surface area contributed by atoms with Crippen molar-refractivity contribution in [1.82, 2.24) is 0 Å². The molecule has 2 heteroatoms. The zero-order valence-corrected chi connectivity index (χ0v) is 6.44. The van der Waals surface area contributed by atoms with Crippen LogP contribution in [-0.4, -0.2) is 9.46 Å². The average molecular weight is 142 g/mol. The van der Waals surface area contributed by atoms with Crippen LogP contribution in [0, 0.1) is 0 Å². The second-order valence-electron chi connectivity index (χ2n) is 2.21. The van der Waals surface area contributed by atoms with Crippen molar-refractivity contribution in [3.8, 4) is 0 Å². The van der Waals surface area contributed by atoms with Crippen molar-refractivity contribution in [2.75, 3.05) is 0 Å². The minimum atomic E-state index is -0.764. The molecule has 0 spiro atoms. The summed E-state index contributed by atoms with van der Waals surface area (Å²) in [5.74, 6) is 0. The third-order valence-corrected chi connectivity index (χ3v) is 3.06. The van der Waals surface area contributed by atoms with Crippen LogP contribution in [0.2, 0.25) is 0 Å². The van der Waals surface area contributed by atoms with Gasteiger partial charge < -0.3 is 0 Å². The van der Waals surface area contributed by atoms with Gasteiger partial charge in [0, 0.05) is 5.41 Å². The molecule has 0 aliphatic carbocycles. The first-order chi connectivity index (χ1) is 4.22. The number of hydrogen-bond donors (Lipinski definition) is 0. The zero-order valence-electron chi connectivity index (χ0n) is 5.63. The molecule has 0 N–H and O–H groups in total. The highest BCUT2D eigenvalue weighted by Crippen LogP contribution is 2.13. The summed E-state index contributed by atoms with van der Waals surface area (Å²) in [6.07, 6.45) is 3.86. The topological polar surface area (TPSA) is 17.1 Å². The molecule has 0 saturated carbocycles. The van der Waals surface area contributed by atoms with E-state index in [-0.39, 0.29) is 5.25 Å². The summed E-state index contributed by atoms with van der Waals surface area (Å²) in [5, 5.41) is 1.95. The molecule has 0 amide bonds. The van der Waals surface area contributed by atoms with E-state index in [2.05, 4.69) is 0 Å². The third-order valence-electron chi connectivity index (χ3n) is 1.56. The summed E-state index contributed by atoms with van der Waals surface area (Å²) < 4.78 is 11.0. The van der Waals surface area contributed by atoms with Crippen LogP contribution >= 0.6 is 0 Å². The Morgan fingerprint density at radius 2 is 2.33 bits per heavy atom. The first-order valence-corrected chi connectivity index (χ1v) is 4.24. The molecule has 1 heterocycles. The molecule has 1 aliphatic heterocycles. The lowest BCUT2D eigenvalue weighted by atomic mass is 10.2. The molecule has 2 unspecified atom stereocenters. The Bertz CT molecular complexity index is 191. The highest BCUT2D eigenvalue weighted by atomic mass is 32.2. The van der Waals surface area contributed by atoms with Crippen LogP contribution in [0.15, 0.2) is 23.1 Å². The lowest BCUT2D eigenvalue weighted by Gasteiger charge is -2.11. The molecule has 1 nitrogen and oxygen atoms in total. The second kappa shape index (κ2) is 2.48. The summed E-state index contributed by atoms with van der Waals surface area (Å²) in [6.45, 7) is 3.98. The fourth-order valence-electron chi connectivity index (χ4n) is 0.705. The van der Waals surface area contributed by atoms with E-state index in [4.69, 9.17) is 0 Å².